The molecule has 1 atom stereocenters. The minimum absolute atomic E-state index is 0.306. The van der Waals surface area contributed by atoms with Gasteiger partial charge in [-0.2, -0.15) is 12.6 Å². The van der Waals surface area contributed by atoms with E-state index >= 15 is 0 Å². The van der Waals surface area contributed by atoms with Crippen LogP contribution >= 0.6 is 24.0 Å². The van der Waals surface area contributed by atoms with E-state index in [1.54, 1.807) is 5.51 Å². The summed E-state index contributed by atoms with van der Waals surface area (Å²) in [5, 5.41) is 0. The third-order valence-corrected chi connectivity index (χ3v) is 4.13. The molecule has 1 aromatic heterocycles. The van der Waals surface area contributed by atoms with E-state index in [2.05, 4.69) is 17.6 Å². The first kappa shape index (κ1) is 12.5. The molecule has 0 aliphatic carbocycles. The Morgan fingerprint density at radius 2 is 2.40 bits per heavy atom. The Labute approximate surface area is 99.3 Å². The third-order valence-electron chi connectivity index (χ3n) is 2.26. The maximum Gasteiger partial charge on any atom is 0.327 e. The van der Waals surface area contributed by atoms with Crippen LogP contribution in [0.25, 0.3) is 0 Å². The molecular formula is C10H15NO2S2. The van der Waals surface area contributed by atoms with Gasteiger partial charge in [-0.15, -0.1) is 11.3 Å². The molecule has 0 bridgehead atoms. The Morgan fingerprint density at radius 3 is 2.80 bits per heavy atom. The average Bonchev–Trinajstić information content (AvgIpc) is 2.64. The molecule has 3 nitrogen and oxygen atoms in total. The van der Waals surface area contributed by atoms with Gasteiger partial charge in [0.15, 0.2) is 0 Å². The minimum Gasteiger partial charge on any atom is -0.468 e. The second-order valence-electron chi connectivity index (χ2n) is 3.37. The van der Waals surface area contributed by atoms with Crippen molar-refractivity contribution in [3.8, 4) is 0 Å². The molecule has 0 saturated carbocycles. The molecular weight excluding hydrogens is 230 g/mol. The fourth-order valence-electron chi connectivity index (χ4n) is 1.54. The van der Waals surface area contributed by atoms with Crippen LogP contribution in [-0.2, 0) is 14.3 Å². The predicted molar refractivity (Wildman–Crippen MR) is 64.4 cm³/mol. The molecule has 0 aliphatic heterocycles. The molecule has 0 N–H and O–H groups in total. The van der Waals surface area contributed by atoms with E-state index in [0.717, 1.165) is 17.0 Å². The second kappa shape index (κ2) is 4.99. The van der Waals surface area contributed by atoms with E-state index in [-0.39, 0.29) is 5.97 Å². The van der Waals surface area contributed by atoms with Gasteiger partial charge < -0.3 is 4.74 Å². The zero-order valence-corrected chi connectivity index (χ0v) is 10.8. The zero-order chi connectivity index (χ0) is 11.5. The highest BCUT2D eigenvalue weighted by Gasteiger charge is 2.39. The summed E-state index contributed by atoms with van der Waals surface area (Å²) in [5.74, 6) is -0.306. The number of nitrogens with zero attached hydrogens (tertiary/aromatic N) is 1. The van der Waals surface area contributed by atoms with Crippen LogP contribution in [0.3, 0.4) is 0 Å². The van der Waals surface area contributed by atoms with Crippen LogP contribution in [0.1, 0.15) is 30.3 Å². The molecule has 0 aliphatic rings. The number of esters is 1. The van der Waals surface area contributed by atoms with Gasteiger partial charge in [0.2, 0.25) is 0 Å². The SMILES string of the molecule is CCCC(S)(C(=O)OC)c1scnc1C. The first-order valence-corrected chi connectivity index (χ1v) is 6.10. The largest absolute Gasteiger partial charge is 0.468 e. The van der Waals surface area contributed by atoms with Gasteiger partial charge in [0, 0.05) is 0 Å². The average molecular weight is 245 g/mol. The van der Waals surface area contributed by atoms with E-state index in [4.69, 9.17) is 4.74 Å². The number of aromatic nitrogens is 1. The van der Waals surface area contributed by atoms with Crippen LogP contribution in [0.15, 0.2) is 5.51 Å². The van der Waals surface area contributed by atoms with Gasteiger partial charge in [-0.3, -0.25) is 4.79 Å². The maximum atomic E-state index is 11.8. The minimum atomic E-state index is -0.839. The number of thiazole rings is 1. The standard InChI is InChI=1S/C10H15NO2S2/c1-4-5-10(14,9(12)13-3)8-7(2)11-6-15-8/h6,14H,4-5H2,1-3H3. The Balaban J connectivity index is 3.12. The van der Waals surface area contributed by atoms with Gasteiger partial charge in [-0.05, 0) is 13.3 Å². The predicted octanol–water partition coefficient (Wildman–Crippen LogP) is 2.55. The molecule has 1 aromatic rings. The molecule has 1 rings (SSSR count). The Hall–Kier alpha value is -0.550. The highest BCUT2D eigenvalue weighted by atomic mass is 32.1. The van der Waals surface area contributed by atoms with Gasteiger partial charge in [-0.1, -0.05) is 13.3 Å². The summed E-state index contributed by atoms with van der Waals surface area (Å²) in [4.78, 5) is 16.8. The number of rotatable bonds is 4. The number of hydrogen-bond donors (Lipinski definition) is 1. The number of ether oxygens (including phenoxy) is 1. The first-order valence-electron chi connectivity index (χ1n) is 4.77. The van der Waals surface area contributed by atoms with Crippen molar-refractivity contribution in [3.63, 3.8) is 0 Å². The van der Waals surface area contributed by atoms with Crippen LogP contribution in [0.2, 0.25) is 0 Å². The Kier molecular flexibility index (Phi) is 4.16. The van der Waals surface area contributed by atoms with Crippen molar-refractivity contribution in [2.45, 2.75) is 31.4 Å². The number of hydrogen-bond acceptors (Lipinski definition) is 5. The van der Waals surface area contributed by atoms with Crippen molar-refractivity contribution in [2.24, 2.45) is 0 Å². The van der Waals surface area contributed by atoms with Gasteiger partial charge in [0.05, 0.1) is 23.2 Å². The Morgan fingerprint density at radius 1 is 1.73 bits per heavy atom. The smallest absolute Gasteiger partial charge is 0.327 e. The highest BCUT2D eigenvalue weighted by molar-refractivity contribution is 7.82. The summed E-state index contributed by atoms with van der Waals surface area (Å²) < 4.78 is 3.97. The molecule has 0 spiro atoms. The van der Waals surface area contributed by atoms with Crippen LogP contribution in [-0.4, -0.2) is 18.1 Å². The van der Waals surface area contributed by atoms with Crippen molar-refractivity contribution in [1.29, 1.82) is 0 Å². The monoisotopic (exact) mass is 245 g/mol. The van der Waals surface area contributed by atoms with Gasteiger partial charge in [-0.25, -0.2) is 4.98 Å². The second-order valence-corrected chi connectivity index (χ2v) is 4.99. The zero-order valence-electron chi connectivity index (χ0n) is 9.11. The van der Waals surface area contributed by atoms with Gasteiger partial charge >= 0.3 is 5.97 Å². The summed E-state index contributed by atoms with van der Waals surface area (Å²) in [7, 11) is 1.39. The van der Waals surface area contributed by atoms with E-state index in [0.29, 0.717) is 6.42 Å². The van der Waals surface area contributed by atoms with Crippen molar-refractivity contribution in [2.75, 3.05) is 7.11 Å². The van der Waals surface area contributed by atoms with E-state index < -0.39 is 4.75 Å². The number of thiol groups is 1. The fourth-order valence-corrected chi connectivity index (χ4v) is 3.09. The van der Waals surface area contributed by atoms with E-state index in [1.807, 2.05) is 13.8 Å². The molecule has 5 heteroatoms. The number of methoxy groups -OCH3 is 1. The van der Waals surface area contributed by atoms with Crippen molar-refractivity contribution >= 4 is 29.9 Å². The van der Waals surface area contributed by atoms with Crippen LogP contribution in [0, 0.1) is 6.92 Å². The summed E-state index contributed by atoms with van der Waals surface area (Å²) in [6.45, 7) is 3.90. The summed E-state index contributed by atoms with van der Waals surface area (Å²) >= 11 is 5.95. The molecule has 1 heterocycles. The highest BCUT2D eigenvalue weighted by Crippen LogP contribution is 2.38. The lowest BCUT2D eigenvalue weighted by Crippen LogP contribution is -2.31. The quantitative estimate of drug-likeness (QED) is 0.654. The van der Waals surface area contributed by atoms with Crippen molar-refractivity contribution in [3.05, 3.63) is 16.1 Å². The molecule has 0 aromatic carbocycles. The lowest BCUT2D eigenvalue weighted by atomic mass is 9.99. The van der Waals surface area contributed by atoms with Gasteiger partial charge in [0.1, 0.15) is 4.75 Å². The lowest BCUT2D eigenvalue weighted by molar-refractivity contribution is -0.143. The van der Waals surface area contributed by atoms with Crippen molar-refractivity contribution in [1.82, 2.24) is 4.98 Å². The number of carbonyl (C=O) groups is 1. The maximum absolute atomic E-state index is 11.8. The van der Waals surface area contributed by atoms with E-state index in [9.17, 15) is 4.79 Å². The molecule has 15 heavy (non-hydrogen) atoms. The normalized spacial score (nSPS) is 14.7. The third kappa shape index (κ3) is 2.34. The molecule has 0 saturated heterocycles. The molecule has 1 unspecified atom stereocenters. The summed E-state index contributed by atoms with van der Waals surface area (Å²) in [6.07, 6.45) is 1.53. The first-order chi connectivity index (χ1) is 7.06. The Bertz CT molecular complexity index is 351. The summed E-state index contributed by atoms with van der Waals surface area (Å²) in [5.41, 5.74) is 2.59. The molecule has 0 amide bonds. The van der Waals surface area contributed by atoms with Gasteiger partial charge in [0.25, 0.3) is 0 Å². The summed E-state index contributed by atoms with van der Waals surface area (Å²) in [6, 6.07) is 0. The molecule has 0 fully saturated rings. The van der Waals surface area contributed by atoms with Crippen LogP contribution < -0.4 is 0 Å². The van der Waals surface area contributed by atoms with E-state index in [1.165, 1.54) is 18.4 Å². The molecule has 84 valence electrons. The number of carbonyl (C=O) groups excluding carboxylic acids is 1. The fraction of sp³-hybridized carbons (Fsp3) is 0.600. The van der Waals surface area contributed by atoms with Crippen molar-refractivity contribution < 1.29 is 9.53 Å². The van der Waals surface area contributed by atoms with Crippen LogP contribution in [0.5, 0.6) is 0 Å². The van der Waals surface area contributed by atoms with Crippen LogP contribution in [0.4, 0.5) is 0 Å². The molecule has 0 radical (unpaired) electrons. The number of aryl methyl sites for hydroxylation is 1. The lowest BCUT2D eigenvalue weighted by Gasteiger charge is -2.24. The topological polar surface area (TPSA) is 39.2 Å².